The Labute approximate surface area is 238 Å². The summed E-state index contributed by atoms with van der Waals surface area (Å²) in [6, 6.07) is 10.7. The lowest BCUT2D eigenvalue weighted by Gasteiger charge is -2.33. The second-order valence-corrected chi connectivity index (χ2v) is 10.7. The lowest BCUT2D eigenvalue weighted by Crippen LogP contribution is -2.49. The highest BCUT2D eigenvalue weighted by molar-refractivity contribution is 7.17. The second-order valence-electron chi connectivity index (χ2n) is 9.68. The van der Waals surface area contributed by atoms with Crippen molar-refractivity contribution in [3.8, 4) is 21.9 Å². The van der Waals surface area contributed by atoms with E-state index in [9.17, 15) is 18.0 Å². The quantitative estimate of drug-likeness (QED) is 0.286. The number of carbonyl (C=O) groups excluding carboxylic acids is 1. The summed E-state index contributed by atoms with van der Waals surface area (Å²) in [4.78, 5) is 25.1. The minimum absolute atomic E-state index is 0.0547. The third-order valence-electron chi connectivity index (χ3n) is 7.06. The van der Waals surface area contributed by atoms with E-state index in [1.165, 1.54) is 36.4 Å². The van der Waals surface area contributed by atoms with Gasteiger partial charge in [0.1, 0.15) is 41.9 Å². The molecule has 9 nitrogen and oxygen atoms in total. The number of hydrogen-bond donors (Lipinski definition) is 2. The zero-order valence-corrected chi connectivity index (χ0v) is 23.3. The molecule has 2 aromatic heterocycles. The Morgan fingerprint density at radius 2 is 2.00 bits per heavy atom. The molecule has 3 N–H and O–H groups in total. The summed E-state index contributed by atoms with van der Waals surface area (Å²) < 4.78 is 54.0. The first-order valence-corrected chi connectivity index (χ1v) is 13.8. The molecule has 1 atom stereocenters. The van der Waals surface area contributed by atoms with Crippen LogP contribution < -0.4 is 25.4 Å². The van der Waals surface area contributed by atoms with Crippen molar-refractivity contribution in [1.82, 2.24) is 19.9 Å². The van der Waals surface area contributed by atoms with E-state index in [-0.39, 0.29) is 16.2 Å². The Morgan fingerprint density at radius 3 is 2.73 bits per heavy atom. The summed E-state index contributed by atoms with van der Waals surface area (Å²) in [5, 5.41) is 3.40. The molecule has 2 aromatic carbocycles. The number of likely N-dealkylation sites (N-methyl/N-ethyl adjacent to an activating group) is 1. The molecule has 1 amide bonds. The number of primary amides is 1. The minimum atomic E-state index is -4.54. The largest absolute Gasteiger partial charge is 0.493 e. The average molecular weight is 590 g/mol. The molecule has 0 aliphatic carbocycles. The highest BCUT2D eigenvalue weighted by Gasteiger charge is 2.33. The fourth-order valence-electron chi connectivity index (χ4n) is 4.83. The second kappa shape index (κ2) is 12.0. The van der Waals surface area contributed by atoms with Crippen molar-refractivity contribution in [2.24, 2.45) is 5.73 Å². The van der Waals surface area contributed by atoms with E-state index >= 15 is 0 Å². The van der Waals surface area contributed by atoms with Crippen molar-refractivity contribution in [2.45, 2.75) is 25.2 Å². The lowest BCUT2D eigenvalue weighted by molar-refractivity contribution is -0.138. The SMILES string of the molecule is COn1cnc2cc(-c3cc(OCc4ccccc4C(F)(F)F)c(C(N)=O)s3)c(OCCC3CNCCN3C)cc21. The number of hydrogen-bond acceptors (Lipinski definition) is 8. The number of imidazole rings is 1. The van der Waals surface area contributed by atoms with Gasteiger partial charge in [-0.1, -0.05) is 18.2 Å². The third kappa shape index (κ3) is 6.26. The number of nitrogens with zero attached hydrogens (tertiary/aromatic N) is 3. The van der Waals surface area contributed by atoms with Crippen LogP contribution in [0, 0.1) is 0 Å². The number of fused-ring (bicyclic) bond motifs is 1. The number of carbonyl (C=O) groups is 1. The van der Waals surface area contributed by atoms with Crippen LogP contribution in [0.25, 0.3) is 21.5 Å². The molecule has 41 heavy (non-hydrogen) atoms. The van der Waals surface area contributed by atoms with Gasteiger partial charge in [-0.05, 0) is 31.7 Å². The number of amides is 1. The van der Waals surface area contributed by atoms with Gasteiger partial charge >= 0.3 is 6.18 Å². The Bertz CT molecular complexity index is 1540. The van der Waals surface area contributed by atoms with Gasteiger partial charge in [-0.25, -0.2) is 4.98 Å². The maximum absolute atomic E-state index is 13.5. The number of alkyl halides is 3. The van der Waals surface area contributed by atoms with Crippen LogP contribution in [0.3, 0.4) is 0 Å². The minimum Gasteiger partial charge on any atom is -0.493 e. The zero-order chi connectivity index (χ0) is 29.1. The Morgan fingerprint density at radius 1 is 1.20 bits per heavy atom. The highest BCUT2D eigenvalue weighted by atomic mass is 32.1. The summed E-state index contributed by atoms with van der Waals surface area (Å²) >= 11 is 1.08. The first-order valence-electron chi connectivity index (χ1n) is 13.0. The number of benzene rings is 2. The first kappa shape index (κ1) is 28.7. The third-order valence-corrected chi connectivity index (χ3v) is 8.22. The summed E-state index contributed by atoms with van der Waals surface area (Å²) in [6.45, 7) is 2.81. The van der Waals surface area contributed by atoms with E-state index < -0.39 is 24.3 Å². The topological polar surface area (TPSA) is 104 Å². The number of ether oxygens (including phenoxy) is 2. The number of halogens is 3. The summed E-state index contributed by atoms with van der Waals surface area (Å²) in [5.41, 5.74) is 6.74. The van der Waals surface area contributed by atoms with Crippen molar-refractivity contribution in [2.75, 3.05) is 40.4 Å². The smallest absolute Gasteiger partial charge is 0.416 e. The van der Waals surface area contributed by atoms with Crippen LogP contribution in [0.5, 0.6) is 11.5 Å². The van der Waals surface area contributed by atoms with Gasteiger partial charge in [-0.2, -0.15) is 17.9 Å². The number of nitrogens with one attached hydrogen (secondary N) is 1. The van der Waals surface area contributed by atoms with Gasteiger partial charge in [-0.3, -0.25) is 4.79 Å². The first-order chi connectivity index (χ1) is 19.7. The molecule has 1 fully saturated rings. The maximum atomic E-state index is 13.5. The van der Waals surface area contributed by atoms with E-state index in [4.69, 9.17) is 20.0 Å². The molecule has 4 aromatic rings. The van der Waals surface area contributed by atoms with Crippen LogP contribution in [0.2, 0.25) is 0 Å². The van der Waals surface area contributed by atoms with Crippen LogP contribution >= 0.6 is 11.3 Å². The molecule has 1 aliphatic rings. The fourth-order valence-corrected chi connectivity index (χ4v) is 5.80. The molecule has 5 rings (SSSR count). The van der Waals surface area contributed by atoms with Crippen molar-refractivity contribution in [3.63, 3.8) is 0 Å². The molecule has 0 spiro atoms. The highest BCUT2D eigenvalue weighted by Crippen LogP contribution is 2.42. The molecular formula is C28H30F3N5O4S. The molecular weight excluding hydrogens is 559 g/mol. The lowest BCUT2D eigenvalue weighted by atomic mass is 10.1. The van der Waals surface area contributed by atoms with E-state index in [1.54, 1.807) is 6.07 Å². The van der Waals surface area contributed by atoms with Crippen LogP contribution in [-0.2, 0) is 12.8 Å². The number of nitrogens with two attached hydrogens (primary N) is 1. The van der Waals surface area contributed by atoms with E-state index in [0.29, 0.717) is 39.9 Å². The number of piperazine rings is 1. The average Bonchev–Trinajstić information content (AvgIpc) is 3.56. The van der Waals surface area contributed by atoms with Gasteiger partial charge in [0.05, 0.1) is 17.7 Å². The molecule has 3 heterocycles. The standard InChI is InChI=1S/C28H30F3N5O4S/c1-35-9-8-33-14-18(35)7-10-39-23-12-22-21(34-16-36(22)38-2)11-19(23)25-13-24(26(41-25)27(32)37)40-15-17-5-3-4-6-20(17)28(29,30)31/h3-6,11-13,16,18,33H,7-10,14-15H2,1-2H3,(H2,32,37). The summed E-state index contributed by atoms with van der Waals surface area (Å²) in [5.74, 6) is -0.118. The summed E-state index contributed by atoms with van der Waals surface area (Å²) in [6.07, 6.45) is -2.21. The van der Waals surface area contributed by atoms with Gasteiger partial charge in [0.25, 0.3) is 5.91 Å². The van der Waals surface area contributed by atoms with Gasteiger partial charge in [0, 0.05) is 47.7 Å². The van der Waals surface area contributed by atoms with Gasteiger partial charge in [-0.15, -0.1) is 11.3 Å². The molecule has 1 saturated heterocycles. The molecule has 0 radical (unpaired) electrons. The monoisotopic (exact) mass is 589 g/mol. The molecule has 13 heteroatoms. The Balaban J connectivity index is 1.46. The Hall–Kier alpha value is -3.81. The normalized spacial score (nSPS) is 16.2. The van der Waals surface area contributed by atoms with Crippen molar-refractivity contribution in [3.05, 3.63) is 64.8 Å². The van der Waals surface area contributed by atoms with Crippen molar-refractivity contribution in [1.29, 1.82) is 0 Å². The van der Waals surface area contributed by atoms with Crippen molar-refractivity contribution >= 4 is 28.3 Å². The van der Waals surface area contributed by atoms with Crippen LogP contribution in [0.15, 0.2) is 48.8 Å². The predicted octanol–water partition coefficient (Wildman–Crippen LogP) is 4.19. The predicted molar refractivity (Wildman–Crippen MR) is 149 cm³/mol. The van der Waals surface area contributed by atoms with Crippen molar-refractivity contribution < 1.29 is 32.3 Å². The fraction of sp³-hybridized carbons (Fsp3) is 0.357. The van der Waals surface area contributed by atoms with Crippen LogP contribution in [0.1, 0.15) is 27.2 Å². The number of thiophene rings is 1. The molecule has 0 bridgehead atoms. The van der Waals surface area contributed by atoms with Crippen LogP contribution in [-0.4, -0.2) is 67.0 Å². The number of aromatic nitrogens is 2. The zero-order valence-electron chi connectivity index (χ0n) is 22.5. The maximum Gasteiger partial charge on any atom is 0.416 e. The molecule has 218 valence electrons. The van der Waals surface area contributed by atoms with Gasteiger partial charge < -0.3 is 30.3 Å². The van der Waals surface area contributed by atoms with Crippen LogP contribution in [0.4, 0.5) is 13.2 Å². The molecule has 0 saturated carbocycles. The molecule has 1 aliphatic heterocycles. The van der Waals surface area contributed by atoms with Gasteiger partial charge in [0.2, 0.25) is 0 Å². The number of rotatable bonds is 10. The van der Waals surface area contributed by atoms with E-state index in [0.717, 1.165) is 43.5 Å². The Kier molecular flexibility index (Phi) is 8.38. The van der Waals surface area contributed by atoms with E-state index in [1.807, 2.05) is 12.1 Å². The molecule has 1 unspecified atom stereocenters. The van der Waals surface area contributed by atoms with E-state index in [2.05, 4.69) is 22.2 Å². The van der Waals surface area contributed by atoms with Gasteiger partial charge in [0.15, 0.2) is 0 Å². The summed E-state index contributed by atoms with van der Waals surface area (Å²) in [7, 11) is 3.62.